The summed E-state index contributed by atoms with van der Waals surface area (Å²) < 4.78 is 20.4. The molecule has 0 saturated heterocycles. The van der Waals surface area contributed by atoms with Gasteiger partial charge >= 0.3 is 6.01 Å². The number of amides is 1. The number of aromatic amines is 1. The van der Waals surface area contributed by atoms with E-state index in [1.807, 2.05) is 18.2 Å². The summed E-state index contributed by atoms with van der Waals surface area (Å²) >= 11 is 0. The first kappa shape index (κ1) is 18.6. The van der Waals surface area contributed by atoms with Gasteiger partial charge in [0, 0.05) is 19.0 Å². The van der Waals surface area contributed by atoms with Crippen molar-refractivity contribution in [2.24, 2.45) is 0 Å². The van der Waals surface area contributed by atoms with E-state index in [0.29, 0.717) is 18.8 Å². The monoisotopic (exact) mass is 394 g/mol. The van der Waals surface area contributed by atoms with Crippen LogP contribution in [-0.2, 0) is 6.54 Å². The van der Waals surface area contributed by atoms with E-state index in [-0.39, 0.29) is 17.7 Å². The molecule has 0 saturated carbocycles. The highest BCUT2D eigenvalue weighted by Crippen LogP contribution is 2.20. The maximum Gasteiger partial charge on any atom is 0.320 e. The fourth-order valence-electron chi connectivity index (χ4n) is 3.05. The zero-order chi connectivity index (χ0) is 20.4. The summed E-state index contributed by atoms with van der Waals surface area (Å²) in [7, 11) is 1.67. The van der Waals surface area contributed by atoms with Gasteiger partial charge in [0.05, 0.1) is 24.0 Å². The Bertz CT molecular complexity index is 1170. The number of para-hydroxylation sites is 1. The Balaban J connectivity index is 1.62. The van der Waals surface area contributed by atoms with E-state index in [1.54, 1.807) is 32.3 Å². The topological polar surface area (TPSA) is 88.9 Å². The van der Waals surface area contributed by atoms with Gasteiger partial charge in [-0.2, -0.15) is 14.8 Å². The maximum atomic E-state index is 13.6. The third kappa shape index (κ3) is 3.66. The van der Waals surface area contributed by atoms with E-state index < -0.39 is 5.82 Å². The second-order valence-electron chi connectivity index (χ2n) is 6.46. The number of halogens is 1. The highest BCUT2D eigenvalue weighted by molar-refractivity contribution is 5.91. The van der Waals surface area contributed by atoms with Crippen molar-refractivity contribution < 1.29 is 13.9 Å². The molecule has 4 rings (SSSR count). The molecule has 0 bridgehead atoms. The number of carbonyl (C=O) groups excluding carboxylic acids is 1. The molecule has 0 unspecified atom stereocenters. The molecule has 9 heteroatoms. The van der Waals surface area contributed by atoms with Crippen molar-refractivity contribution in [3.8, 4) is 11.7 Å². The maximum absolute atomic E-state index is 13.6. The van der Waals surface area contributed by atoms with Gasteiger partial charge in [-0.25, -0.2) is 4.39 Å². The molecule has 2 aromatic carbocycles. The minimum atomic E-state index is -0.418. The molecule has 0 spiro atoms. The highest BCUT2D eigenvalue weighted by atomic mass is 19.1. The van der Waals surface area contributed by atoms with E-state index in [9.17, 15) is 9.18 Å². The van der Waals surface area contributed by atoms with Crippen LogP contribution in [0.1, 0.15) is 23.1 Å². The molecular weight excluding hydrogens is 375 g/mol. The fourth-order valence-corrected chi connectivity index (χ4v) is 3.05. The van der Waals surface area contributed by atoms with Gasteiger partial charge in [0.1, 0.15) is 5.82 Å². The van der Waals surface area contributed by atoms with Gasteiger partial charge < -0.3 is 9.64 Å². The lowest BCUT2D eigenvalue weighted by Gasteiger charge is -2.15. The van der Waals surface area contributed by atoms with Gasteiger partial charge in [-0.15, -0.1) is 5.10 Å². The smallest absolute Gasteiger partial charge is 0.320 e. The number of benzene rings is 2. The van der Waals surface area contributed by atoms with Crippen molar-refractivity contribution in [2.45, 2.75) is 13.5 Å². The Morgan fingerprint density at radius 3 is 2.90 bits per heavy atom. The number of nitrogens with zero attached hydrogens (tertiary/aromatic N) is 5. The molecule has 0 radical (unpaired) electrons. The van der Waals surface area contributed by atoms with Crippen LogP contribution in [0.2, 0.25) is 0 Å². The quantitative estimate of drug-likeness (QED) is 0.543. The van der Waals surface area contributed by atoms with Crippen molar-refractivity contribution in [1.82, 2.24) is 29.9 Å². The lowest BCUT2D eigenvalue weighted by atomic mass is 10.1. The van der Waals surface area contributed by atoms with Crippen molar-refractivity contribution in [2.75, 3.05) is 13.7 Å². The Hall–Kier alpha value is -3.75. The molecule has 0 aliphatic rings. The molecular formula is C20H19FN6O2. The van der Waals surface area contributed by atoms with Gasteiger partial charge in [0.25, 0.3) is 5.91 Å². The molecule has 148 valence electrons. The van der Waals surface area contributed by atoms with Gasteiger partial charge in [0.15, 0.2) is 0 Å². The number of hydrogen-bond donors (Lipinski definition) is 1. The molecule has 0 aliphatic carbocycles. The van der Waals surface area contributed by atoms with Crippen LogP contribution in [0.3, 0.4) is 0 Å². The molecule has 2 heterocycles. The predicted octanol–water partition coefficient (Wildman–Crippen LogP) is 2.95. The number of ether oxygens (including phenoxy) is 1. The summed E-state index contributed by atoms with van der Waals surface area (Å²) in [6.07, 6.45) is 1.73. The van der Waals surface area contributed by atoms with Crippen molar-refractivity contribution in [3.05, 3.63) is 65.9 Å². The third-order valence-electron chi connectivity index (χ3n) is 4.41. The molecule has 4 aromatic rings. The number of aromatic nitrogens is 5. The van der Waals surface area contributed by atoms with E-state index in [4.69, 9.17) is 4.74 Å². The second kappa shape index (κ2) is 7.70. The van der Waals surface area contributed by atoms with Crippen LogP contribution in [0.25, 0.3) is 16.6 Å². The van der Waals surface area contributed by atoms with Crippen LogP contribution in [-0.4, -0.2) is 49.4 Å². The minimum absolute atomic E-state index is 0.0306. The Labute approximate surface area is 165 Å². The first-order valence-corrected chi connectivity index (χ1v) is 9.09. The van der Waals surface area contributed by atoms with Crippen molar-refractivity contribution in [1.29, 1.82) is 0 Å². The van der Waals surface area contributed by atoms with Gasteiger partial charge in [-0.1, -0.05) is 24.3 Å². The van der Waals surface area contributed by atoms with Crippen LogP contribution in [0.4, 0.5) is 4.39 Å². The van der Waals surface area contributed by atoms with Crippen LogP contribution in [0, 0.1) is 5.82 Å². The molecule has 29 heavy (non-hydrogen) atoms. The van der Waals surface area contributed by atoms with Gasteiger partial charge in [-0.3, -0.25) is 9.89 Å². The zero-order valence-electron chi connectivity index (χ0n) is 16.0. The van der Waals surface area contributed by atoms with Gasteiger partial charge in [0.2, 0.25) is 5.82 Å². The van der Waals surface area contributed by atoms with E-state index in [0.717, 1.165) is 16.5 Å². The summed E-state index contributed by atoms with van der Waals surface area (Å²) in [6, 6.07) is 11.8. The summed E-state index contributed by atoms with van der Waals surface area (Å²) in [6.45, 7) is 2.47. The predicted molar refractivity (Wildman–Crippen MR) is 104 cm³/mol. The van der Waals surface area contributed by atoms with Gasteiger partial charge in [-0.05, 0) is 30.7 Å². The second-order valence-corrected chi connectivity index (χ2v) is 6.46. The first-order valence-electron chi connectivity index (χ1n) is 9.09. The normalized spacial score (nSPS) is 11.0. The lowest BCUT2D eigenvalue weighted by molar-refractivity contribution is 0.0773. The molecule has 8 nitrogen and oxygen atoms in total. The number of carbonyl (C=O) groups is 1. The third-order valence-corrected chi connectivity index (χ3v) is 4.41. The zero-order valence-corrected chi connectivity index (χ0v) is 16.0. The summed E-state index contributed by atoms with van der Waals surface area (Å²) in [5.41, 5.74) is 2.22. The largest absolute Gasteiger partial charge is 0.464 e. The van der Waals surface area contributed by atoms with E-state index in [2.05, 4.69) is 20.3 Å². The standard InChI is InChI=1S/C20H19FN6O2/c1-3-29-20-23-18(25-27(20)16-9-5-8-15(21)10-16)19(28)26(2)12-14-7-4-6-13-11-22-24-17(13)14/h4-11H,3,12H2,1-2H3,(H,22,24). The lowest BCUT2D eigenvalue weighted by Crippen LogP contribution is -2.27. The number of rotatable bonds is 6. The number of fused-ring (bicyclic) bond motifs is 1. The molecule has 1 N–H and O–H groups in total. The number of hydrogen-bond acceptors (Lipinski definition) is 5. The molecule has 0 fully saturated rings. The van der Waals surface area contributed by atoms with Crippen LogP contribution < -0.4 is 4.74 Å². The number of H-pyrrole nitrogens is 1. The first-order chi connectivity index (χ1) is 14.1. The summed E-state index contributed by atoms with van der Waals surface area (Å²) in [4.78, 5) is 18.7. The minimum Gasteiger partial charge on any atom is -0.464 e. The van der Waals surface area contributed by atoms with Crippen LogP contribution >= 0.6 is 0 Å². The summed E-state index contributed by atoms with van der Waals surface area (Å²) in [5.74, 6) is -0.826. The average Bonchev–Trinajstić information content (AvgIpc) is 3.35. The van der Waals surface area contributed by atoms with E-state index >= 15 is 0 Å². The Morgan fingerprint density at radius 2 is 2.10 bits per heavy atom. The average molecular weight is 394 g/mol. The van der Waals surface area contributed by atoms with Crippen molar-refractivity contribution in [3.63, 3.8) is 0 Å². The van der Waals surface area contributed by atoms with E-state index in [1.165, 1.54) is 21.7 Å². The molecule has 1 amide bonds. The highest BCUT2D eigenvalue weighted by Gasteiger charge is 2.22. The fraction of sp³-hybridized carbons (Fsp3) is 0.200. The van der Waals surface area contributed by atoms with Crippen LogP contribution in [0.15, 0.2) is 48.7 Å². The SMILES string of the molecule is CCOc1nc(C(=O)N(C)Cc2cccc3cn[nH]c23)nn1-c1cccc(F)c1. The summed E-state index contributed by atoms with van der Waals surface area (Å²) in [5, 5.41) is 12.2. The Morgan fingerprint density at radius 1 is 1.28 bits per heavy atom. The number of nitrogens with one attached hydrogen (secondary N) is 1. The van der Waals surface area contributed by atoms with Crippen molar-refractivity contribution >= 4 is 16.8 Å². The molecule has 0 aliphatic heterocycles. The Kier molecular flexibility index (Phi) is 4.94. The molecule has 0 atom stereocenters. The van der Waals surface area contributed by atoms with Crippen LogP contribution in [0.5, 0.6) is 6.01 Å². The molecule has 2 aromatic heterocycles.